The molecule has 1 aliphatic heterocycles. The molecule has 0 saturated carbocycles. The van der Waals surface area contributed by atoms with E-state index in [9.17, 15) is 4.79 Å². The molecule has 0 radical (unpaired) electrons. The number of piperidine rings is 1. The Kier molecular flexibility index (Phi) is 5.32. The molecule has 1 atom stereocenters. The second kappa shape index (κ2) is 7.22. The summed E-state index contributed by atoms with van der Waals surface area (Å²) in [5.74, 6) is 1.34. The third-order valence-corrected chi connectivity index (χ3v) is 3.66. The van der Waals surface area contributed by atoms with Crippen molar-refractivity contribution in [1.29, 1.82) is 0 Å². The minimum atomic E-state index is -0.0861. The fourth-order valence-corrected chi connectivity index (χ4v) is 2.45. The van der Waals surface area contributed by atoms with E-state index < -0.39 is 0 Å². The molecule has 1 N–H and O–H groups in total. The topological polar surface area (TPSA) is 58.1 Å². The Morgan fingerprint density at radius 1 is 1.45 bits per heavy atom. The van der Waals surface area contributed by atoms with E-state index in [0.29, 0.717) is 18.0 Å². The second-order valence-corrected chi connectivity index (χ2v) is 5.57. The van der Waals surface area contributed by atoms with Crippen LogP contribution in [-0.2, 0) is 0 Å². The first-order valence-electron chi connectivity index (χ1n) is 7.56. The van der Waals surface area contributed by atoms with Crippen LogP contribution in [0.5, 0.6) is 0 Å². The minimum absolute atomic E-state index is 0.0861. The van der Waals surface area contributed by atoms with E-state index in [2.05, 4.69) is 34.0 Å². The van der Waals surface area contributed by atoms with E-state index in [-0.39, 0.29) is 5.91 Å². The van der Waals surface area contributed by atoms with Gasteiger partial charge < -0.3 is 10.2 Å². The molecule has 20 heavy (non-hydrogen) atoms. The van der Waals surface area contributed by atoms with E-state index in [1.165, 1.54) is 12.8 Å². The van der Waals surface area contributed by atoms with Gasteiger partial charge in [0.2, 0.25) is 5.95 Å². The maximum absolute atomic E-state index is 11.9. The molecule has 5 heteroatoms. The van der Waals surface area contributed by atoms with Crippen molar-refractivity contribution in [3.8, 4) is 0 Å². The van der Waals surface area contributed by atoms with Crippen LogP contribution in [-0.4, -0.2) is 35.5 Å². The van der Waals surface area contributed by atoms with Crippen LogP contribution in [0.25, 0.3) is 0 Å². The molecule has 1 aliphatic rings. The SMILES string of the molecule is CCCCNC(=O)c1cnc(N2CCCC(C)C2)nc1. The number of nitrogens with zero attached hydrogens (tertiary/aromatic N) is 3. The van der Waals surface area contributed by atoms with Gasteiger partial charge in [0.05, 0.1) is 5.56 Å². The molecule has 2 heterocycles. The van der Waals surface area contributed by atoms with Gasteiger partial charge in [0.15, 0.2) is 0 Å². The fourth-order valence-electron chi connectivity index (χ4n) is 2.45. The Balaban J connectivity index is 1.93. The molecule has 0 aliphatic carbocycles. The van der Waals surface area contributed by atoms with Crippen molar-refractivity contribution in [1.82, 2.24) is 15.3 Å². The maximum atomic E-state index is 11.9. The zero-order chi connectivity index (χ0) is 14.4. The van der Waals surface area contributed by atoms with Crippen LogP contribution in [0.2, 0.25) is 0 Å². The van der Waals surface area contributed by atoms with Crippen LogP contribution in [0.1, 0.15) is 49.9 Å². The van der Waals surface area contributed by atoms with Gasteiger partial charge in [0.25, 0.3) is 5.91 Å². The molecule has 1 fully saturated rings. The first-order valence-corrected chi connectivity index (χ1v) is 7.56. The molecule has 0 bridgehead atoms. The summed E-state index contributed by atoms with van der Waals surface area (Å²) in [6, 6.07) is 0. The van der Waals surface area contributed by atoms with E-state index in [0.717, 1.165) is 31.9 Å². The Morgan fingerprint density at radius 3 is 2.85 bits per heavy atom. The summed E-state index contributed by atoms with van der Waals surface area (Å²) < 4.78 is 0. The number of aromatic nitrogens is 2. The summed E-state index contributed by atoms with van der Waals surface area (Å²) in [6.45, 7) is 7.07. The molecule has 110 valence electrons. The van der Waals surface area contributed by atoms with Crippen molar-refractivity contribution in [3.05, 3.63) is 18.0 Å². The lowest BCUT2D eigenvalue weighted by molar-refractivity contribution is 0.0952. The highest BCUT2D eigenvalue weighted by Crippen LogP contribution is 2.19. The zero-order valence-electron chi connectivity index (χ0n) is 12.4. The predicted octanol–water partition coefficient (Wildman–Crippen LogP) is 2.24. The van der Waals surface area contributed by atoms with E-state index in [1.807, 2.05) is 0 Å². The third kappa shape index (κ3) is 3.92. The zero-order valence-corrected chi connectivity index (χ0v) is 12.4. The van der Waals surface area contributed by atoms with Gasteiger partial charge in [0, 0.05) is 32.0 Å². The Hall–Kier alpha value is -1.65. The standard InChI is InChI=1S/C15H24N4O/c1-3-4-7-16-14(20)13-9-17-15(18-10-13)19-8-5-6-12(2)11-19/h9-10,12H,3-8,11H2,1-2H3,(H,16,20). The number of unbranched alkanes of at least 4 members (excludes halogenated alkanes) is 1. The molecule has 5 nitrogen and oxygen atoms in total. The lowest BCUT2D eigenvalue weighted by atomic mass is 10.0. The van der Waals surface area contributed by atoms with E-state index in [4.69, 9.17) is 0 Å². The molecule has 0 aromatic carbocycles. The van der Waals surface area contributed by atoms with Crippen LogP contribution in [0, 0.1) is 5.92 Å². The Morgan fingerprint density at radius 2 is 2.20 bits per heavy atom. The number of carbonyl (C=O) groups is 1. The summed E-state index contributed by atoms with van der Waals surface area (Å²) in [5.41, 5.74) is 0.537. The maximum Gasteiger partial charge on any atom is 0.254 e. The molecule has 1 amide bonds. The monoisotopic (exact) mass is 276 g/mol. The van der Waals surface area contributed by atoms with Gasteiger partial charge in [-0.1, -0.05) is 20.3 Å². The first-order chi connectivity index (χ1) is 9.70. The highest BCUT2D eigenvalue weighted by atomic mass is 16.1. The number of nitrogens with one attached hydrogen (secondary N) is 1. The van der Waals surface area contributed by atoms with Crippen molar-refractivity contribution in [2.75, 3.05) is 24.5 Å². The number of amides is 1. The van der Waals surface area contributed by atoms with Gasteiger partial charge in [-0.25, -0.2) is 9.97 Å². The summed E-state index contributed by atoms with van der Waals surface area (Å²) in [7, 11) is 0. The average molecular weight is 276 g/mol. The third-order valence-electron chi connectivity index (χ3n) is 3.66. The van der Waals surface area contributed by atoms with E-state index >= 15 is 0 Å². The van der Waals surface area contributed by atoms with Crippen LogP contribution < -0.4 is 10.2 Å². The number of rotatable bonds is 5. The minimum Gasteiger partial charge on any atom is -0.352 e. The number of carbonyl (C=O) groups excluding carboxylic acids is 1. The van der Waals surface area contributed by atoms with Crippen molar-refractivity contribution >= 4 is 11.9 Å². The van der Waals surface area contributed by atoms with Crippen LogP contribution >= 0.6 is 0 Å². The molecule has 1 aromatic heterocycles. The number of hydrogen-bond donors (Lipinski definition) is 1. The van der Waals surface area contributed by atoms with Crippen LogP contribution in [0.4, 0.5) is 5.95 Å². The fraction of sp³-hybridized carbons (Fsp3) is 0.667. The van der Waals surface area contributed by atoms with Gasteiger partial charge >= 0.3 is 0 Å². The van der Waals surface area contributed by atoms with Gasteiger partial charge in [0.1, 0.15) is 0 Å². The number of hydrogen-bond acceptors (Lipinski definition) is 4. The summed E-state index contributed by atoms with van der Waals surface area (Å²) in [5, 5.41) is 2.87. The van der Waals surface area contributed by atoms with Crippen molar-refractivity contribution in [2.45, 2.75) is 39.5 Å². The van der Waals surface area contributed by atoms with Gasteiger partial charge in [-0.05, 0) is 25.2 Å². The lowest BCUT2D eigenvalue weighted by Gasteiger charge is -2.30. The van der Waals surface area contributed by atoms with Crippen molar-refractivity contribution in [3.63, 3.8) is 0 Å². The normalized spacial score (nSPS) is 18.9. The van der Waals surface area contributed by atoms with Crippen molar-refractivity contribution in [2.24, 2.45) is 5.92 Å². The lowest BCUT2D eigenvalue weighted by Crippen LogP contribution is -2.35. The second-order valence-electron chi connectivity index (χ2n) is 5.57. The largest absolute Gasteiger partial charge is 0.352 e. The molecule has 2 rings (SSSR count). The molecule has 1 unspecified atom stereocenters. The van der Waals surface area contributed by atoms with Gasteiger partial charge in [-0.15, -0.1) is 0 Å². The van der Waals surface area contributed by atoms with E-state index in [1.54, 1.807) is 12.4 Å². The van der Waals surface area contributed by atoms with Gasteiger partial charge in [-0.3, -0.25) is 4.79 Å². The quantitative estimate of drug-likeness (QED) is 0.838. The molecular formula is C15H24N4O. The molecular weight excluding hydrogens is 252 g/mol. The number of anilines is 1. The highest BCUT2D eigenvalue weighted by molar-refractivity contribution is 5.93. The summed E-state index contributed by atoms with van der Waals surface area (Å²) in [6.07, 6.45) is 7.78. The predicted molar refractivity (Wildman–Crippen MR) is 79.9 cm³/mol. The first kappa shape index (κ1) is 14.8. The molecule has 1 aromatic rings. The summed E-state index contributed by atoms with van der Waals surface area (Å²) in [4.78, 5) is 22.7. The Labute approximate surface area is 120 Å². The summed E-state index contributed by atoms with van der Waals surface area (Å²) >= 11 is 0. The average Bonchev–Trinajstić information content (AvgIpc) is 2.47. The molecule has 0 spiro atoms. The smallest absolute Gasteiger partial charge is 0.254 e. The highest BCUT2D eigenvalue weighted by Gasteiger charge is 2.18. The van der Waals surface area contributed by atoms with Crippen molar-refractivity contribution < 1.29 is 4.79 Å². The van der Waals surface area contributed by atoms with Crippen LogP contribution in [0.3, 0.4) is 0 Å². The van der Waals surface area contributed by atoms with Gasteiger partial charge in [-0.2, -0.15) is 0 Å². The molecule has 1 saturated heterocycles. The van der Waals surface area contributed by atoms with Crippen LogP contribution in [0.15, 0.2) is 12.4 Å². The Bertz CT molecular complexity index is 432.